The van der Waals surface area contributed by atoms with E-state index in [4.69, 9.17) is 15.9 Å². The average Bonchev–Trinajstić information content (AvgIpc) is 2.39. The quantitative estimate of drug-likeness (QED) is 0.527. The Hall–Kier alpha value is -1.59. The molecule has 0 bridgehead atoms. The molecule has 0 unspecified atom stereocenters. The van der Waals surface area contributed by atoms with Crippen molar-refractivity contribution < 1.29 is 4.74 Å². The molecular formula is C15H26N4O. The first-order chi connectivity index (χ1) is 9.49. The second kappa shape index (κ2) is 8.55. The topological polar surface area (TPSA) is 65.6 Å². The standard InChI is InChI=1S/C15H26N4O/c1-18(2)9-4-10-19(3)11-12-20-14-7-5-13(6-8-14)15(16)17/h5-8H,4,9-12H2,1-3H3,(H3,16,17). The molecule has 0 fully saturated rings. The van der Waals surface area contributed by atoms with Gasteiger partial charge in [0.2, 0.25) is 0 Å². The van der Waals surface area contributed by atoms with E-state index in [-0.39, 0.29) is 5.84 Å². The van der Waals surface area contributed by atoms with Gasteiger partial charge in [0.05, 0.1) is 0 Å². The number of amidine groups is 1. The van der Waals surface area contributed by atoms with Crippen molar-refractivity contribution in [1.82, 2.24) is 9.80 Å². The van der Waals surface area contributed by atoms with Crippen molar-refractivity contribution in [3.63, 3.8) is 0 Å². The zero-order valence-corrected chi connectivity index (χ0v) is 12.7. The van der Waals surface area contributed by atoms with E-state index in [1.165, 1.54) is 0 Å². The average molecular weight is 278 g/mol. The lowest BCUT2D eigenvalue weighted by molar-refractivity contribution is 0.229. The van der Waals surface area contributed by atoms with Gasteiger partial charge in [0.25, 0.3) is 0 Å². The van der Waals surface area contributed by atoms with Gasteiger partial charge in [0, 0.05) is 12.1 Å². The van der Waals surface area contributed by atoms with Crippen LogP contribution in [-0.2, 0) is 0 Å². The smallest absolute Gasteiger partial charge is 0.122 e. The number of nitrogen functional groups attached to an aromatic ring is 1. The highest BCUT2D eigenvalue weighted by atomic mass is 16.5. The summed E-state index contributed by atoms with van der Waals surface area (Å²) in [5.74, 6) is 0.897. The minimum atomic E-state index is 0.0807. The molecule has 0 aliphatic rings. The number of ether oxygens (including phenoxy) is 1. The Morgan fingerprint density at radius 1 is 1.10 bits per heavy atom. The molecule has 1 aromatic carbocycles. The predicted molar refractivity (Wildman–Crippen MR) is 83.6 cm³/mol. The molecule has 3 N–H and O–H groups in total. The van der Waals surface area contributed by atoms with Gasteiger partial charge in [-0.25, -0.2) is 0 Å². The molecule has 0 saturated heterocycles. The molecule has 112 valence electrons. The summed E-state index contributed by atoms with van der Waals surface area (Å²) in [5.41, 5.74) is 6.12. The van der Waals surface area contributed by atoms with Crippen LogP contribution in [0.2, 0.25) is 0 Å². The van der Waals surface area contributed by atoms with Crippen LogP contribution in [0.5, 0.6) is 5.75 Å². The van der Waals surface area contributed by atoms with Crippen molar-refractivity contribution in [1.29, 1.82) is 5.41 Å². The molecule has 0 atom stereocenters. The molecule has 0 aromatic heterocycles. The van der Waals surface area contributed by atoms with Gasteiger partial charge in [-0.2, -0.15) is 0 Å². The van der Waals surface area contributed by atoms with Crippen molar-refractivity contribution in [3.8, 4) is 5.75 Å². The van der Waals surface area contributed by atoms with Gasteiger partial charge in [-0.3, -0.25) is 5.41 Å². The summed E-state index contributed by atoms with van der Waals surface area (Å²) in [5, 5.41) is 7.32. The molecule has 1 aromatic rings. The van der Waals surface area contributed by atoms with Crippen LogP contribution in [0, 0.1) is 5.41 Å². The first kappa shape index (κ1) is 16.5. The predicted octanol–water partition coefficient (Wildman–Crippen LogP) is 1.23. The Labute approximate surface area is 121 Å². The highest BCUT2D eigenvalue weighted by molar-refractivity contribution is 5.94. The van der Waals surface area contributed by atoms with Crippen molar-refractivity contribution in [2.45, 2.75) is 6.42 Å². The van der Waals surface area contributed by atoms with Gasteiger partial charge in [-0.05, 0) is 64.9 Å². The van der Waals surface area contributed by atoms with Crippen LogP contribution in [-0.4, -0.2) is 63.0 Å². The fourth-order valence-corrected chi connectivity index (χ4v) is 1.82. The van der Waals surface area contributed by atoms with Crippen LogP contribution < -0.4 is 10.5 Å². The van der Waals surface area contributed by atoms with Crippen LogP contribution in [0.3, 0.4) is 0 Å². The molecule has 0 aliphatic heterocycles. The zero-order chi connectivity index (χ0) is 15.0. The molecule has 20 heavy (non-hydrogen) atoms. The minimum Gasteiger partial charge on any atom is -0.492 e. The number of rotatable bonds is 9. The monoisotopic (exact) mass is 278 g/mol. The first-order valence-electron chi connectivity index (χ1n) is 6.89. The summed E-state index contributed by atoms with van der Waals surface area (Å²) < 4.78 is 5.68. The number of nitrogens with two attached hydrogens (primary N) is 1. The van der Waals surface area contributed by atoms with E-state index >= 15 is 0 Å². The van der Waals surface area contributed by atoms with Gasteiger partial charge in [0.15, 0.2) is 0 Å². The van der Waals surface area contributed by atoms with Gasteiger partial charge in [-0.15, -0.1) is 0 Å². The summed E-state index contributed by atoms with van der Waals surface area (Å²) in [6.07, 6.45) is 1.16. The van der Waals surface area contributed by atoms with E-state index in [0.717, 1.165) is 37.4 Å². The van der Waals surface area contributed by atoms with Crippen LogP contribution >= 0.6 is 0 Å². The molecular weight excluding hydrogens is 252 g/mol. The molecule has 0 spiro atoms. The highest BCUT2D eigenvalue weighted by Gasteiger charge is 2.01. The Bertz CT molecular complexity index is 403. The lowest BCUT2D eigenvalue weighted by Crippen LogP contribution is -2.27. The Morgan fingerprint density at radius 3 is 2.30 bits per heavy atom. The molecule has 0 amide bonds. The summed E-state index contributed by atoms with van der Waals surface area (Å²) in [7, 11) is 6.29. The maximum absolute atomic E-state index is 7.32. The number of likely N-dealkylation sites (N-methyl/N-ethyl adjacent to an activating group) is 1. The van der Waals surface area contributed by atoms with Crippen molar-refractivity contribution in [2.24, 2.45) is 5.73 Å². The summed E-state index contributed by atoms with van der Waals surface area (Å²) >= 11 is 0. The molecule has 0 aliphatic carbocycles. The molecule has 0 heterocycles. The van der Waals surface area contributed by atoms with E-state index in [2.05, 4.69) is 30.9 Å². The Kier molecular flexibility index (Phi) is 7.04. The van der Waals surface area contributed by atoms with Gasteiger partial charge < -0.3 is 20.3 Å². The fourth-order valence-electron chi connectivity index (χ4n) is 1.82. The second-order valence-electron chi connectivity index (χ2n) is 5.25. The highest BCUT2D eigenvalue weighted by Crippen LogP contribution is 2.11. The van der Waals surface area contributed by atoms with Crippen molar-refractivity contribution >= 4 is 5.84 Å². The Morgan fingerprint density at radius 2 is 1.75 bits per heavy atom. The summed E-state index contributed by atoms with van der Waals surface area (Å²) in [6, 6.07) is 7.31. The van der Waals surface area contributed by atoms with E-state index in [1.54, 1.807) is 12.1 Å². The van der Waals surface area contributed by atoms with Crippen LogP contribution in [0.1, 0.15) is 12.0 Å². The lowest BCUT2D eigenvalue weighted by atomic mass is 10.2. The summed E-state index contributed by atoms with van der Waals surface area (Å²) in [4.78, 5) is 4.47. The van der Waals surface area contributed by atoms with Crippen molar-refractivity contribution in [3.05, 3.63) is 29.8 Å². The number of benzene rings is 1. The molecule has 1 rings (SSSR count). The molecule has 0 radical (unpaired) electrons. The molecule has 5 nitrogen and oxygen atoms in total. The second-order valence-corrected chi connectivity index (χ2v) is 5.25. The van der Waals surface area contributed by atoms with E-state index in [1.807, 2.05) is 12.1 Å². The Balaban J connectivity index is 2.21. The first-order valence-corrected chi connectivity index (χ1v) is 6.89. The van der Waals surface area contributed by atoms with E-state index < -0.39 is 0 Å². The minimum absolute atomic E-state index is 0.0807. The van der Waals surface area contributed by atoms with Crippen LogP contribution in [0.25, 0.3) is 0 Å². The van der Waals surface area contributed by atoms with Gasteiger partial charge >= 0.3 is 0 Å². The van der Waals surface area contributed by atoms with Gasteiger partial charge in [0.1, 0.15) is 18.2 Å². The third-order valence-electron chi connectivity index (χ3n) is 3.05. The number of nitrogens with zero attached hydrogens (tertiary/aromatic N) is 2. The van der Waals surface area contributed by atoms with Crippen molar-refractivity contribution in [2.75, 3.05) is 47.4 Å². The number of nitrogens with one attached hydrogen (secondary N) is 1. The lowest BCUT2D eigenvalue weighted by Gasteiger charge is -2.18. The molecule has 0 saturated carbocycles. The zero-order valence-electron chi connectivity index (χ0n) is 12.7. The maximum atomic E-state index is 7.32. The van der Waals surface area contributed by atoms with Gasteiger partial charge in [-0.1, -0.05) is 0 Å². The maximum Gasteiger partial charge on any atom is 0.122 e. The number of hydrogen-bond donors (Lipinski definition) is 2. The SMILES string of the molecule is CN(C)CCCN(C)CCOc1ccc(C(=N)N)cc1. The van der Waals surface area contributed by atoms with E-state index in [0.29, 0.717) is 6.61 Å². The fraction of sp³-hybridized carbons (Fsp3) is 0.533. The van der Waals surface area contributed by atoms with Crippen LogP contribution in [0.15, 0.2) is 24.3 Å². The largest absolute Gasteiger partial charge is 0.492 e. The summed E-state index contributed by atoms with van der Waals surface area (Å²) in [6.45, 7) is 3.75. The third-order valence-corrected chi connectivity index (χ3v) is 3.05. The number of hydrogen-bond acceptors (Lipinski definition) is 4. The van der Waals surface area contributed by atoms with Crippen LogP contribution in [0.4, 0.5) is 0 Å². The van der Waals surface area contributed by atoms with E-state index in [9.17, 15) is 0 Å². The molecule has 5 heteroatoms. The third kappa shape index (κ3) is 6.54. The normalized spacial score (nSPS) is 11.1.